The first-order valence-corrected chi connectivity index (χ1v) is 11.7. The molecule has 0 saturated carbocycles. The quantitative estimate of drug-likeness (QED) is 0.392. The van der Waals surface area contributed by atoms with Gasteiger partial charge >= 0.3 is 0 Å². The van der Waals surface area contributed by atoms with Crippen molar-refractivity contribution in [3.8, 4) is 11.1 Å². The normalized spacial score (nSPS) is 17.1. The number of pyridine rings is 1. The van der Waals surface area contributed by atoms with Gasteiger partial charge in [-0.2, -0.15) is 0 Å². The number of carbonyl (C=O) groups is 1. The topological polar surface area (TPSA) is 77.2 Å². The molecule has 180 valence electrons. The number of nitrogen functional groups attached to an aromatic ring is 1. The zero-order chi connectivity index (χ0) is 25.1. The van der Waals surface area contributed by atoms with Crippen LogP contribution in [0.1, 0.15) is 61.6 Å². The van der Waals surface area contributed by atoms with Gasteiger partial charge in [-0.1, -0.05) is 18.2 Å². The van der Waals surface area contributed by atoms with Crippen molar-refractivity contribution < 1.29 is 18.3 Å². The highest BCUT2D eigenvalue weighted by Crippen LogP contribution is 2.54. The number of nitrogens with one attached hydrogen (secondary N) is 1. The number of fused-ring (bicyclic) bond motifs is 8. The highest BCUT2D eigenvalue weighted by molar-refractivity contribution is 5.94. The molecule has 1 amide bonds. The molecule has 0 saturated heterocycles. The number of ether oxygens (including phenoxy) is 1. The standard InChI is InChI=1S/C29H23F2N3O2/c1-14-9-26(32)34-15(2)24(14)13-33-29(35)17-4-7-21-23(11-17)28-20-6-3-16(10-22(20)27(21)36-28)19-8-5-18(30)12-25(19)31/h3-12,27-28H,13H2,1-2H3,(H2,32,34)(H,33,35). The fourth-order valence-corrected chi connectivity index (χ4v) is 5.30. The maximum Gasteiger partial charge on any atom is 0.251 e. The highest BCUT2D eigenvalue weighted by atomic mass is 19.1. The third-order valence-corrected chi connectivity index (χ3v) is 7.08. The van der Waals surface area contributed by atoms with Gasteiger partial charge in [-0.3, -0.25) is 4.79 Å². The van der Waals surface area contributed by atoms with E-state index in [2.05, 4.69) is 10.3 Å². The number of aryl methyl sites for hydroxylation is 2. The molecule has 2 atom stereocenters. The molecule has 3 aromatic carbocycles. The minimum absolute atomic E-state index is 0.182. The Hall–Kier alpha value is -4.10. The van der Waals surface area contributed by atoms with E-state index in [9.17, 15) is 13.6 Å². The van der Waals surface area contributed by atoms with Crippen molar-refractivity contribution in [3.05, 3.63) is 117 Å². The molecule has 0 aliphatic carbocycles. The molecular weight excluding hydrogens is 460 g/mol. The number of hydrogen-bond donors (Lipinski definition) is 2. The van der Waals surface area contributed by atoms with Gasteiger partial charge in [-0.05, 0) is 89.2 Å². The van der Waals surface area contributed by atoms with E-state index in [4.69, 9.17) is 10.5 Å². The molecule has 36 heavy (non-hydrogen) atoms. The number of benzene rings is 3. The van der Waals surface area contributed by atoms with Crippen molar-refractivity contribution in [1.82, 2.24) is 10.3 Å². The average molecular weight is 484 g/mol. The fraction of sp³-hybridized carbons (Fsp3) is 0.172. The van der Waals surface area contributed by atoms with Gasteiger partial charge in [-0.15, -0.1) is 0 Å². The molecule has 0 radical (unpaired) electrons. The Morgan fingerprint density at radius 1 is 0.944 bits per heavy atom. The first-order valence-electron chi connectivity index (χ1n) is 11.7. The first-order chi connectivity index (χ1) is 17.3. The molecule has 2 bridgehead atoms. The Morgan fingerprint density at radius 3 is 2.39 bits per heavy atom. The lowest BCUT2D eigenvalue weighted by molar-refractivity contribution is 0.0857. The number of hydrogen-bond acceptors (Lipinski definition) is 4. The van der Waals surface area contributed by atoms with E-state index in [-0.39, 0.29) is 18.1 Å². The summed E-state index contributed by atoms with van der Waals surface area (Å²) in [5, 5.41) is 2.98. The van der Waals surface area contributed by atoms with Crippen molar-refractivity contribution in [2.24, 2.45) is 0 Å². The Bertz CT molecular complexity index is 1540. The summed E-state index contributed by atoms with van der Waals surface area (Å²) in [5.41, 5.74) is 14.0. The number of nitrogens with zero attached hydrogens (tertiary/aromatic N) is 1. The van der Waals surface area contributed by atoms with Crippen LogP contribution in [-0.2, 0) is 11.3 Å². The lowest BCUT2D eigenvalue weighted by Crippen LogP contribution is -2.24. The fourth-order valence-electron chi connectivity index (χ4n) is 5.30. The van der Waals surface area contributed by atoms with Crippen LogP contribution in [0.25, 0.3) is 11.1 Å². The van der Waals surface area contributed by atoms with Gasteiger partial charge in [0.05, 0.1) is 0 Å². The van der Waals surface area contributed by atoms with E-state index in [1.54, 1.807) is 12.1 Å². The molecule has 2 aliphatic heterocycles. The molecule has 2 aliphatic rings. The zero-order valence-corrected chi connectivity index (χ0v) is 19.7. The van der Waals surface area contributed by atoms with Crippen LogP contribution in [-0.4, -0.2) is 10.9 Å². The van der Waals surface area contributed by atoms with Crippen LogP contribution in [0.15, 0.2) is 60.7 Å². The number of anilines is 1. The molecule has 4 aromatic rings. The monoisotopic (exact) mass is 483 g/mol. The molecule has 7 heteroatoms. The van der Waals surface area contributed by atoms with Gasteiger partial charge in [0.2, 0.25) is 0 Å². The minimum atomic E-state index is -0.607. The maximum absolute atomic E-state index is 14.3. The van der Waals surface area contributed by atoms with Gasteiger partial charge < -0.3 is 15.8 Å². The van der Waals surface area contributed by atoms with Gasteiger partial charge in [-0.25, -0.2) is 13.8 Å². The second-order valence-electron chi connectivity index (χ2n) is 9.32. The summed E-state index contributed by atoms with van der Waals surface area (Å²) in [4.78, 5) is 17.2. The number of halogens is 2. The molecule has 3 N–H and O–H groups in total. The predicted molar refractivity (Wildman–Crippen MR) is 132 cm³/mol. The Morgan fingerprint density at radius 2 is 1.67 bits per heavy atom. The second-order valence-corrected chi connectivity index (χ2v) is 9.32. The summed E-state index contributed by atoms with van der Waals surface area (Å²) in [6.07, 6.45) is -0.572. The van der Waals surface area contributed by atoms with Crippen molar-refractivity contribution in [2.45, 2.75) is 32.6 Å². The molecule has 5 nitrogen and oxygen atoms in total. The number of nitrogens with two attached hydrogens (primary N) is 1. The van der Waals surface area contributed by atoms with Crippen LogP contribution in [0.4, 0.5) is 14.6 Å². The van der Waals surface area contributed by atoms with Crippen molar-refractivity contribution in [1.29, 1.82) is 0 Å². The summed E-state index contributed by atoms with van der Waals surface area (Å²) < 4.78 is 34.0. The molecule has 1 aromatic heterocycles. The zero-order valence-electron chi connectivity index (χ0n) is 19.7. The van der Waals surface area contributed by atoms with Gasteiger partial charge in [0, 0.05) is 29.4 Å². The number of rotatable bonds is 4. The molecular formula is C29H23F2N3O2. The van der Waals surface area contributed by atoms with E-state index in [1.807, 2.05) is 44.2 Å². The van der Waals surface area contributed by atoms with E-state index in [0.29, 0.717) is 29.1 Å². The SMILES string of the molecule is Cc1cc(N)nc(C)c1CNC(=O)c1ccc2c(c1)C1OC2c2cc(-c3ccc(F)cc3F)ccc21. The average Bonchev–Trinajstić information content (AvgIpc) is 3.40. The lowest BCUT2D eigenvalue weighted by Gasteiger charge is -2.18. The van der Waals surface area contributed by atoms with Crippen molar-refractivity contribution in [2.75, 3.05) is 5.73 Å². The van der Waals surface area contributed by atoms with Gasteiger partial charge in [0.1, 0.15) is 29.7 Å². The largest absolute Gasteiger partial charge is 0.384 e. The van der Waals surface area contributed by atoms with Crippen molar-refractivity contribution in [3.63, 3.8) is 0 Å². The molecule has 0 fully saturated rings. The minimum Gasteiger partial charge on any atom is -0.384 e. The van der Waals surface area contributed by atoms with Crippen LogP contribution in [0, 0.1) is 25.5 Å². The first kappa shape index (κ1) is 22.4. The number of carbonyl (C=O) groups excluding carboxylic acids is 1. The third kappa shape index (κ3) is 3.55. The number of amides is 1. The van der Waals surface area contributed by atoms with Crippen LogP contribution < -0.4 is 11.1 Å². The molecule has 2 unspecified atom stereocenters. The van der Waals surface area contributed by atoms with Crippen LogP contribution >= 0.6 is 0 Å². The summed E-state index contributed by atoms with van der Waals surface area (Å²) in [6.45, 7) is 4.18. The van der Waals surface area contributed by atoms with Gasteiger partial charge in [0.15, 0.2) is 0 Å². The maximum atomic E-state index is 14.3. The van der Waals surface area contributed by atoms with E-state index < -0.39 is 11.6 Å². The Labute approximate surface area is 206 Å². The van der Waals surface area contributed by atoms with Gasteiger partial charge in [0.25, 0.3) is 5.91 Å². The lowest BCUT2D eigenvalue weighted by atomic mass is 9.83. The van der Waals surface area contributed by atoms with E-state index in [1.165, 1.54) is 12.1 Å². The van der Waals surface area contributed by atoms with E-state index in [0.717, 1.165) is 45.1 Å². The molecule has 3 heterocycles. The Kier molecular flexibility index (Phi) is 5.12. The molecule has 0 spiro atoms. The summed E-state index contributed by atoms with van der Waals surface area (Å²) in [6, 6.07) is 16.6. The van der Waals surface area contributed by atoms with E-state index >= 15 is 0 Å². The summed E-state index contributed by atoms with van der Waals surface area (Å²) in [7, 11) is 0. The Balaban J connectivity index is 1.25. The highest BCUT2D eigenvalue weighted by Gasteiger charge is 2.43. The number of aromatic nitrogens is 1. The van der Waals surface area contributed by atoms with Crippen LogP contribution in [0.3, 0.4) is 0 Å². The van der Waals surface area contributed by atoms with Crippen LogP contribution in [0.2, 0.25) is 0 Å². The predicted octanol–water partition coefficient (Wildman–Crippen LogP) is 5.68. The van der Waals surface area contributed by atoms with Crippen LogP contribution in [0.5, 0.6) is 0 Å². The van der Waals surface area contributed by atoms with Crippen molar-refractivity contribution >= 4 is 11.7 Å². The molecule has 6 rings (SSSR count). The summed E-state index contributed by atoms with van der Waals surface area (Å²) >= 11 is 0. The third-order valence-electron chi connectivity index (χ3n) is 7.08. The summed E-state index contributed by atoms with van der Waals surface area (Å²) in [5.74, 6) is -0.929. The second kappa shape index (κ2) is 8.24. The smallest absolute Gasteiger partial charge is 0.251 e.